The number of rotatable bonds is 6. The Morgan fingerprint density at radius 1 is 1.26 bits per heavy atom. The zero-order chi connectivity index (χ0) is 22.5. The number of methoxy groups -OCH3 is 1. The van der Waals surface area contributed by atoms with E-state index < -0.39 is 17.0 Å². The van der Waals surface area contributed by atoms with Crippen LogP contribution >= 0.6 is 11.6 Å². The van der Waals surface area contributed by atoms with E-state index in [1.165, 1.54) is 43.5 Å². The maximum atomic E-state index is 12.2. The van der Waals surface area contributed by atoms with Gasteiger partial charge in [0.2, 0.25) is 5.90 Å². The molecule has 3 rings (SSSR count). The van der Waals surface area contributed by atoms with Crippen molar-refractivity contribution in [2.45, 2.75) is 6.92 Å². The monoisotopic (exact) mass is 446 g/mol. The van der Waals surface area contributed by atoms with Crippen molar-refractivity contribution in [2.24, 2.45) is 4.99 Å². The van der Waals surface area contributed by atoms with Crippen molar-refractivity contribution in [1.82, 2.24) is 0 Å². The maximum absolute atomic E-state index is 12.2. The van der Waals surface area contributed by atoms with Crippen molar-refractivity contribution in [3.63, 3.8) is 0 Å². The van der Waals surface area contributed by atoms with Crippen molar-refractivity contribution >= 4 is 41.4 Å². The predicted octanol–water partition coefficient (Wildman–Crippen LogP) is 4.14. The van der Waals surface area contributed by atoms with E-state index in [0.29, 0.717) is 5.56 Å². The molecule has 0 saturated carbocycles. The van der Waals surface area contributed by atoms with Gasteiger partial charge in [-0.3, -0.25) is 10.1 Å². The standard InChI is InChI=1S/C20H15ClN2O8/c1-3-29-20(25)30-16-7-4-11(9-17(16)28-2)8-15-19(24)31-18(22-15)13-10-12(23(26)27)5-6-14(13)21/h4-10H,3H2,1-2H3. The molecule has 0 amide bonds. The molecule has 0 radical (unpaired) electrons. The summed E-state index contributed by atoms with van der Waals surface area (Å²) < 4.78 is 20.1. The van der Waals surface area contributed by atoms with Gasteiger partial charge in [-0.1, -0.05) is 17.7 Å². The molecule has 31 heavy (non-hydrogen) atoms. The Bertz CT molecular complexity index is 1130. The minimum Gasteiger partial charge on any atom is -0.493 e. The lowest BCUT2D eigenvalue weighted by Crippen LogP contribution is -2.10. The smallest absolute Gasteiger partial charge is 0.493 e. The van der Waals surface area contributed by atoms with Crippen LogP contribution < -0.4 is 9.47 Å². The number of nitrogens with zero attached hydrogens (tertiary/aromatic N) is 2. The summed E-state index contributed by atoms with van der Waals surface area (Å²) in [7, 11) is 1.38. The number of halogens is 1. The number of ether oxygens (including phenoxy) is 4. The van der Waals surface area contributed by atoms with Crippen LogP contribution in [0.3, 0.4) is 0 Å². The van der Waals surface area contributed by atoms with Crippen LogP contribution in [0.15, 0.2) is 47.1 Å². The molecule has 0 saturated heterocycles. The third-order valence-electron chi connectivity index (χ3n) is 3.96. The van der Waals surface area contributed by atoms with Crippen LogP contribution in [0.25, 0.3) is 6.08 Å². The summed E-state index contributed by atoms with van der Waals surface area (Å²) in [6.45, 7) is 1.80. The number of hydrogen-bond acceptors (Lipinski definition) is 9. The number of cyclic esters (lactones) is 1. The second-order valence-electron chi connectivity index (χ2n) is 5.95. The van der Waals surface area contributed by atoms with Crippen molar-refractivity contribution in [3.05, 3.63) is 68.4 Å². The first-order chi connectivity index (χ1) is 14.8. The number of benzene rings is 2. The van der Waals surface area contributed by atoms with Gasteiger partial charge in [-0.05, 0) is 36.8 Å². The van der Waals surface area contributed by atoms with Crippen molar-refractivity contribution < 1.29 is 33.5 Å². The van der Waals surface area contributed by atoms with Crippen LogP contribution in [0.4, 0.5) is 10.5 Å². The van der Waals surface area contributed by atoms with E-state index in [-0.39, 0.29) is 46.0 Å². The molecule has 0 unspecified atom stereocenters. The van der Waals surface area contributed by atoms with E-state index in [9.17, 15) is 19.7 Å². The highest BCUT2D eigenvalue weighted by Gasteiger charge is 2.27. The lowest BCUT2D eigenvalue weighted by molar-refractivity contribution is -0.384. The minimum absolute atomic E-state index is 0.0568. The Morgan fingerprint density at radius 2 is 2.03 bits per heavy atom. The number of hydrogen-bond donors (Lipinski definition) is 0. The first-order valence-electron chi connectivity index (χ1n) is 8.82. The summed E-state index contributed by atoms with van der Waals surface area (Å²) >= 11 is 6.08. The predicted molar refractivity (Wildman–Crippen MR) is 109 cm³/mol. The SMILES string of the molecule is CCOC(=O)Oc1ccc(C=C2N=C(c3cc([N+](=O)[O-])ccc3Cl)OC2=O)cc1OC. The topological polar surface area (TPSA) is 127 Å². The van der Waals surface area contributed by atoms with Gasteiger partial charge < -0.3 is 18.9 Å². The lowest BCUT2D eigenvalue weighted by Gasteiger charge is -2.09. The molecule has 0 bridgehead atoms. The molecular weight excluding hydrogens is 432 g/mol. The van der Waals surface area contributed by atoms with Gasteiger partial charge in [0.25, 0.3) is 5.69 Å². The highest BCUT2D eigenvalue weighted by Crippen LogP contribution is 2.31. The van der Waals surface area contributed by atoms with E-state index in [2.05, 4.69) is 4.99 Å². The van der Waals surface area contributed by atoms with Crippen LogP contribution in [0.1, 0.15) is 18.1 Å². The Kier molecular flexibility index (Phi) is 6.51. The average molecular weight is 447 g/mol. The van der Waals surface area contributed by atoms with E-state index >= 15 is 0 Å². The lowest BCUT2D eigenvalue weighted by atomic mass is 10.1. The molecule has 0 N–H and O–H groups in total. The third-order valence-corrected chi connectivity index (χ3v) is 4.29. The molecule has 0 atom stereocenters. The number of carbonyl (C=O) groups is 2. The van der Waals surface area contributed by atoms with Gasteiger partial charge in [-0.2, -0.15) is 0 Å². The normalized spacial score (nSPS) is 14.1. The largest absolute Gasteiger partial charge is 0.513 e. The number of nitro benzene ring substituents is 1. The highest BCUT2D eigenvalue weighted by molar-refractivity contribution is 6.34. The van der Waals surface area contributed by atoms with Gasteiger partial charge >= 0.3 is 12.1 Å². The summed E-state index contributed by atoms with van der Waals surface area (Å²) in [5.41, 5.74) is 0.328. The van der Waals surface area contributed by atoms with Crippen LogP contribution in [-0.2, 0) is 14.3 Å². The van der Waals surface area contributed by atoms with Crippen molar-refractivity contribution in [2.75, 3.05) is 13.7 Å². The van der Waals surface area contributed by atoms with E-state index in [1.54, 1.807) is 13.0 Å². The molecule has 2 aromatic carbocycles. The number of aliphatic imine (C=N–C) groups is 1. The zero-order valence-corrected chi connectivity index (χ0v) is 17.0. The fraction of sp³-hybridized carbons (Fsp3) is 0.150. The molecule has 1 aliphatic heterocycles. The molecule has 11 heteroatoms. The number of nitro groups is 1. The Hall–Kier alpha value is -3.92. The van der Waals surface area contributed by atoms with Crippen LogP contribution in [-0.4, -0.2) is 36.7 Å². The molecule has 160 valence electrons. The Labute approximate surface area is 180 Å². The molecule has 0 aromatic heterocycles. The first-order valence-corrected chi connectivity index (χ1v) is 9.19. The minimum atomic E-state index is -0.880. The summed E-state index contributed by atoms with van der Waals surface area (Å²) in [6, 6.07) is 8.26. The second kappa shape index (κ2) is 9.26. The van der Waals surface area contributed by atoms with Crippen LogP contribution in [0, 0.1) is 10.1 Å². The van der Waals surface area contributed by atoms with Gasteiger partial charge in [-0.25, -0.2) is 14.6 Å². The molecule has 1 heterocycles. The molecule has 0 spiro atoms. The van der Waals surface area contributed by atoms with E-state index in [4.69, 9.17) is 30.5 Å². The van der Waals surface area contributed by atoms with Gasteiger partial charge in [0, 0.05) is 12.1 Å². The molecule has 1 aliphatic rings. The van der Waals surface area contributed by atoms with Crippen LogP contribution in [0.5, 0.6) is 11.5 Å². The summed E-state index contributed by atoms with van der Waals surface area (Å²) in [6.07, 6.45) is 0.534. The van der Waals surface area contributed by atoms with Crippen molar-refractivity contribution in [3.8, 4) is 11.5 Å². The quantitative estimate of drug-likeness (QED) is 0.213. The van der Waals surface area contributed by atoms with Gasteiger partial charge in [0.05, 0.1) is 29.2 Å². The fourth-order valence-electron chi connectivity index (χ4n) is 2.57. The second-order valence-corrected chi connectivity index (χ2v) is 6.36. The van der Waals surface area contributed by atoms with Gasteiger partial charge in [-0.15, -0.1) is 0 Å². The highest BCUT2D eigenvalue weighted by atomic mass is 35.5. The van der Waals surface area contributed by atoms with E-state index in [0.717, 1.165) is 0 Å². The average Bonchev–Trinajstić information content (AvgIpc) is 3.09. The zero-order valence-electron chi connectivity index (χ0n) is 16.3. The van der Waals surface area contributed by atoms with Crippen molar-refractivity contribution in [1.29, 1.82) is 0 Å². The summed E-state index contributed by atoms with van der Waals surface area (Å²) in [5, 5.41) is 11.1. The molecule has 0 fully saturated rings. The van der Waals surface area contributed by atoms with Gasteiger partial charge in [0.15, 0.2) is 17.2 Å². The number of esters is 1. The summed E-state index contributed by atoms with van der Waals surface area (Å²) in [4.78, 5) is 38.2. The Balaban J connectivity index is 1.91. The molecule has 2 aromatic rings. The van der Waals surface area contributed by atoms with Crippen LogP contribution in [0.2, 0.25) is 5.02 Å². The first kappa shape index (κ1) is 21.8. The molecule has 0 aliphatic carbocycles. The third kappa shape index (κ3) is 4.98. The fourth-order valence-corrected chi connectivity index (χ4v) is 2.77. The summed E-state index contributed by atoms with van der Waals surface area (Å²) in [5.74, 6) is -0.563. The number of non-ortho nitro benzene ring substituents is 1. The Morgan fingerprint density at radius 3 is 2.71 bits per heavy atom. The molecular formula is C20H15ClN2O8. The van der Waals surface area contributed by atoms with Gasteiger partial charge in [0.1, 0.15) is 0 Å². The maximum Gasteiger partial charge on any atom is 0.513 e. The van der Waals surface area contributed by atoms with E-state index in [1.807, 2.05) is 0 Å². The number of carbonyl (C=O) groups excluding carboxylic acids is 2. The molecule has 10 nitrogen and oxygen atoms in total.